The lowest BCUT2D eigenvalue weighted by molar-refractivity contribution is 1.26. The zero-order chi connectivity index (χ0) is 14.5. The van der Waals surface area contributed by atoms with E-state index in [1.165, 1.54) is 5.56 Å². The summed E-state index contributed by atoms with van der Waals surface area (Å²) in [5.41, 5.74) is 3.48. The first-order valence-electron chi connectivity index (χ1n) is 6.78. The molecular weight excluding hydrogens is 248 g/mol. The normalized spacial score (nSPS) is 9.95. The molecule has 0 radical (unpaired) electrons. The van der Waals surface area contributed by atoms with E-state index in [4.69, 9.17) is 0 Å². The standard InChI is InChI=1S/C15H12N2O.C2H6/c1-10-2-4-11(5-3-10)13-8-12-6-7-16-9-14(12)17-15(13)18;1-2/h2-9H,1H3,(H,17,18);1-2H3. The second kappa shape index (κ2) is 6.15. The summed E-state index contributed by atoms with van der Waals surface area (Å²) in [6.45, 7) is 6.03. The maximum absolute atomic E-state index is 12.0. The quantitative estimate of drug-likeness (QED) is 0.725. The highest BCUT2D eigenvalue weighted by Crippen LogP contribution is 2.19. The molecule has 0 amide bonds. The Labute approximate surface area is 118 Å². The lowest BCUT2D eigenvalue weighted by Gasteiger charge is -2.03. The molecule has 0 spiro atoms. The molecule has 2 aromatic heterocycles. The molecule has 20 heavy (non-hydrogen) atoms. The van der Waals surface area contributed by atoms with Crippen LogP contribution in [0.3, 0.4) is 0 Å². The number of nitrogens with one attached hydrogen (secondary N) is 1. The summed E-state index contributed by atoms with van der Waals surface area (Å²) in [5.74, 6) is 0. The summed E-state index contributed by atoms with van der Waals surface area (Å²) < 4.78 is 0. The molecule has 0 fully saturated rings. The fraction of sp³-hybridized carbons (Fsp3) is 0.176. The molecule has 0 aliphatic carbocycles. The maximum atomic E-state index is 12.0. The summed E-state index contributed by atoms with van der Waals surface area (Å²) >= 11 is 0. The van der Waals surface area contributed by atoms with E-state index in [1.54, 1.807) is 12.4 Å². The smallest absolute Gasteiger partial charge is 0.256 e. The summed E-state index contributed by atoms with van der Waals surface area (Å²) in [4.78, 5) is 18.9. The van der Waals surface area contributed by atoms with Crippen molar-refractivity contribution in [2.75, 3.05) is 0 Å². The molecular formula is C17H18N2O. The Morgan fingerprint density at radius 3 is 2.45 bits per heavy atom. The molecule has 1 N–H and O–H groups in total. The average Bonchev–Trinajstić information content (AvgIpc) is 2.49. The molecule has 3 nitrogen and oxygen atoms in total. The van der Waals surface area contributed by atoms with Gasteiger partial charge in [0.25, 0.3) is 5.56 Å². The van der Waals surface area contributed by atoms with Crippen molar-refractivity contribution < 1.29 is 0 Å². The van der Waals surface area contributed by atoms with Crippen molar-refractivity contribution in [1.82, 2.24) is 9.97 Å². The number of hydrogen-bond acceptors (Lipinski definition) is 2. The van der Waals surface area contributed by atoms with Gasteiger partial charge in [-0.25, -0.2) is 0 Å². The van der Waals surface area contributed by atoms with Gasteiger partial charge >= 0.3 is 0 Å². The second-order valence-electron chi connectivity index (χ2n) is 4.34. The Hall–Kier alpha value is -2.42. The van der Waals surface area contributed by atoms with Gasteiger partial charge in [0.15, 0.2) is 0 Å². The first-order chi connectivity index (χ1) is 9.74. The van der Waals surface area contributed by atoms with Crippen molar-refractivity contribution >= 4 is 10.9 Å². The molecule has 3 heteroatoms. The molecule has 2 heterocycles. The van der Waals surface area contributed by atoms with Gasteiger partial charge in [0.05, 0.1) is 11.7 Å². The van der Waals surface area contributed by atoms with Crippen LogP contribution < -0.4 is 5.56 Å². The Kier molecular flexibility index (Phi) is 4.31. The van der Waals surface area contributed by atoms with E-state index in [0.29, 0.717) is 5.56 Å². The zero-order valence-electron chi connectivity index (χ0n) is 12.0. The topological polar surface area (TPSA) is 45.8 Å². The van der Waals surface area contributed by atoms with E-state index >= 15 is 0 Å². The minimum Gasteiger partial charge on any atom is -0.320 e. The summed E-state index contributed by atoms with van der Waals surface area (Å²) in [5, 5.41) is 0.986. The predicted octanol–water partition coefficient (Wildman–Crippen LogP) is 3.92. The van der Waals surface area contributed by atoms with Gasteiger partial charge < -0.3 is 4.98 Å². The number of fused-ring (bicyclic) bond motifs is 1. The van der Waals surface area contributed by atoms with Crippen LogP contribution >= 0.6 is 0 Å². The fourth-order valence-corrected chi connectivity index (χ4v) is 1.99. The van der Waals surface area contributed by atoms with E-state index in [9.17, 15) is 4.79 Å². The van der Waals surface area contributed by atoms with Crippen LogP contribution in [-0.4, -0.2) is 9.97 Å². The molecule has 0 saturated carbocycles. The first kappa shape index (κ1) is 14.0. The van der Waals surface area contributed by atoms with Crippen molar-refractivity contribution in [2.24, 2.45) is 0 Å². The summed E-state index contributed by atoms with van der Waals surface area (Å²) in [7, 11) is 0. The average molecular weight is 266 g/mol. The van der Waals surface area contributed by atoms with Gasteiger partial charge in [-0.05, 0) is 24.6 Å². The number of rotatable bonds is 1. The molecule has 0 unspecified atom stereocenters. The number of nitrogens with zero attached hydrogens (tertiary/aromatic N) is 1. The highest BCUT2D eigenvalue weighted by molar-refractivity contribution is 5.82. The van der Waals surface area contributed by atoms with E-state index in [-0.39, 0.29) is 5.56 Å². The van der Waals surface area contributed by atoms with Crippen molar-refractivity contribution in [1.29, 1.82) is 0 Å². The Balaban J connectivity index is 0.000000704. The molecule has 0 atom stereocenters. The zero-order valence-corrected chi connectivity index (χ0v) is 12.0. The first-order valence-corrected chi connectivity index (χ1v) is 6.78. The number of benzene rings is 1. The molecule has 1 aromatic carbocycles. The minimum absolute atomic E-state index is 0.0839. The van der Waals surface area contributed by atoms with Crippen LogP contribution in [0.5, 0.6) is 0 Å². The Morgan fingerprint density at radius 2 is 1.75 bits per heavy atom. The van der Waals surface area contributed by atoms with Crippen molar-refractivity contribution in [3.8, 4) is 11.1 Å². The third-order valence-corrected chi connectivity index (χ3v) is 3.01. The lowest BCUT2D eigenvalue weighted by Crippen LogP contribution is -2.08. The van der Waals surface area contributed by atoms with Crippen LogP contribution in [0.25, 0.3) is 22.0 Å². The van der Waals surface area contributed by atoms with E-state index in [0.717, 1.165) is 16.5 Å². The van der Waals surface area contributed by atoms with Crippen molar-refractivity contribution in [3.05, 3.63) is 64.7 Å². The molecule has 3 aromatic rings. The van der Waals surface area contributed by atoms with Gasteiger partial charge in [-0.1, -0.05) is 43.7 Å². The van der Waals surface area contributed by atoms with E-state index in [2.05, 4.69) is 9.97 Å². The van der Waals surface area contributed by atoms with Crippen LogP contribution in [0, 0.1) is 6.92 Å². The predicted molar refractivity (Wildman–Crippen MR) is 83.9 cm³/mol. The Bertz CT molecular complexity index is 758. The molecule has 0 saturated heterocycles. The van der Waals surface area contributed by atoms with Crippen molar-refractivity contribution in [3.63, 3.8) is 0 Å². The van der Waals surface area contributed by atoms with Crippen LogP contribution in [0.4, 0.5) is 0 Å². The van der Waals surface area contributed by atoms with Crippen LogP contribution in [0.15, 0.2) is 53.6 Å². The number of hydrogen-bond donors (Lipinski definition) is 1. The highest BCUT2D eigenvalue weighted by Gasteiger charge is 2.05. The largest absolute Gasteiger partial charge is 0.320 e. The second-order valence-corrected chi connectivity index (χ2v) is 4.34. The molecule has 102 valence electrons. The van der Waals surface area contributed by atoms with Gasteiger partial charge in [0, 0.05) is 17.1 Å². The molecule has 0 bridgehead atoms. The van der Waals surface area contributed by atoms with Gasteiger partial charge in [0.2, 0.25) is 0 Å². The number of aryl methyl sites for hydroxylation is 1. The van der Waals surface area contributed by atoms with Gasteiger partial charge in [-0.3, -0.25) is 9.78 Å². The number of aromatic nitrogens is 2. The molecule has 3 rings (SSSR count). The third kappa shape index (κ3) is 2.77. The van der Waals surface area contributed by atoms with Gasteiger partial charge in [-0.15, -0.1) is 0 Å². The van der Waals surface area contributed by atoms with Crippen LogP contribution in [0.2, 0.25) is 0 Å². The monoisotopic (exact) mass is 266 g/mol. The lowest BCUT2D eigenvalue weighted by atomic mass is 10.0. The Morgan fingerprint density at radius 1 is 1.05 bits per heavy atom. The third-order valence-electron chi connectivity index (χ3n) is 3.01. The van der Waals surface area contributed by atoms with Gasteiger partial charge in [-0.2, -0.15) is 0 Å². The maximum Gasteiger partial charge on any atom is 0.256 e. The molecule has 0 aliphatic rings. The fourth-order valence-electron chi connectivity index (χ4n) is 1.99. The minimum atomic E-state index is -0.0839. The van der Waals surface area contributed by atoms with Crippen LogP contribution in [-0.2, 0) is 0 Å². The van der Waals surface area contributed by atoms with E-state index in [1.807, 2.05) is 57.2 Å². The summed E-state index contributed by atoms with van der Waals surface area (Å²) in [6.07, 6.45) is 3.38. The van der Waals surface area contributed by atoms with Crippen LogP contribution in [0.1, 0.15) is 19.4 Å². The highest BCUT2D eigenvalue weighted by atomic mass is 16.1. The van der Waals surface area contributed by atoms with E-state index < -0.39 is 0 Å². The number of aromatic amines is 1. The summed E-state index contributed by atoms with van der Waals surface area (Å²) in [6, 6.07) is 11.7. The number of H-pyrrole nitrogens is 1. The SMILES string of the molecule is CC.Cc1ccc(-c2cc3ccncc3[nH]c2=O)cc1. The van der Waals surface area contributed by atoms with Gasteiger partial charge in [0.1, 0.15) is 0 Å². The molecule has 0 aliphatic heterocycles. The number of pyridine rings is 2. The van der Waals surface area contributed by atoms with Crippen molar-refractivity contribution in [2.45, 2.75) is 20.8 Å².